The molecule has 0 N–H and O–H groups in total. The summed E-state index contributed by atoms with van der Waals surface area (Å²) in [7, 11) is 3.18. The Morgan fingerprint density at radius 1 is 1.12 bits per heavy atom. The summed E-state index contributed by atoms with van der Waals surface area (Å²) in [6.07, 6.45) is 1.79. The number of anilines is 1. The van der Waals surface area contributed by atoms with Crippen LogP contribution in [0.25, 0.3) is 6.08 Å². The zero-order chi connectivity index (χ0) is 18.0. The van der Waals surface area contributed by atoms with Gasteiger partial charge in [-0.1, -0.05) is 46.0 Å². The lowest BCUT2D eigenvalue weighted by atomic mass is 10.2. The van der Waals surface area contributed by atoms with E-state index in [4.69, 9.17) is 21.7 Å². The molecule has 1 amide bonds. The van der Waals surface area contributed by atoms with Crippen LogP contribution in [0.3, 0.4) is 0 Å². The molecule has 0 bridgehead atoms. The molecule has 1 aliphatic rings. The molecule has 1 fully saturated rings. The SMILES string of the molecule is COc1cc(/C=C2/SC(=S)N(c3cccc(Br)c3)C2=O)cc(OC)c1. The van der Waals surface area contributed by atoms with Crippen LogP contribution in [0.1, 0.15) is 5.56 Å². The highest BCUT2D eigenvalue weighted by molar-refractivity contribution is 9.10. The molecule has 0 aromatic heterocycles. The van der Waals surface area contributed by atoms with Gasteiger partial charge in [0.25, 0.3) is 5.91 Å². The van der Waals surface area contributed by atoms with E-state index in [-0.39, 0.29) is 5.91 Å². The highest BCUT2D eigenvalue weighted by atomic mass is 79.9. The van der Waals surface area contributed by atoms with E-state index in [2.05, 4.69) is 15.9 Å². The van der Waals surface area contributed by atoms with E-state index in [1.807, 2.05) is 36.4 Å². The first-order valence-electron chi connectivity index (χ1n) is 7.28. The molecule has 2 aromatic rings. The highest BCUT2D eigenvalue weighted by Crippen LogP contribution is 2.37. The normalized spacial score (nSPS) is 15.8. The third-order valence-corrected chi connectivity index (χ3v) is 5.33. The molecule has 1 heterocycles. The second-order valence-corrected chi connectivity index (χ2v) is 7.73. The van der Waals surface area contributed by atoms with E-state index in [1.165, 1.54) is 16.7 Å². The number of halogens is 1. The second-order valence-electron chi connectivity index (χ2n) is 5.14. The number of carbonyl (C=O) groups excluding carboxylic acids is 1. The van der Waals surface area contributed by atoms with Crippen molar-refractivity contribution in [3.63, 3.8) is 0 Å². The van der Waals surface area contributed by atoms with Gasteiger partial charge in [-0.25, -0.2) is 0 Å². The van der Waals surface area contributed by atoms with Crippen molar-refractivity contribution in [3.8, 4) is 11.5 Å². The molecular weight excluding hydrogens is 422 g/mol. The van der Waals surface area contributed by atoms with Crippen LogP contribution in [0.2, 0.25) is 0 Å². The molecule has 0 atom stereocenters. The summed E-state index contributed by atoms with van der Waals surface area (Å²) in [4.78, 5) is 14.9. The summed E-state index contributed by atoms with van der Waals surface area (Å²) in [5.74, 6) is 1.18. The fourth-order valence-electron chi connectivity index (χ4n) is 2.37. The van der Waals surface area contributed by atoms with Crippen LogP contribution in [-0.2, 0) is 4.79 Å². The standard InChI is InChI=1S/C18H14BrNO3S2/c1-22-14-6-11(7-15(10-14)23-2)8-16-17(21)20(18(24)25-16)13-5-3-4-12(19)9-13/h3-10H,1-2H3/b16-8+. The topological polar surface area (TPSA) is 38.8 Å². The van der Waals surface area contributed by atoms with E-state index in [1.54, 1.807) is 26.4 Å². The van der Waals surface area contributed by atoms with E-state index in [9.17, 15) is 4.79 Å². The van der Waals surface area contributed by atoms with Crippen molar-refractivity contribution in [3.05, 3.63) is 57.4 Å². The minimum Gasteiger partial charge on any atom is -0.497 e. The Labute approximate surface area is 163 Å². The number of rotatable bonds is 4. The third-order valence-electron chi connectivity index (χ3n) is 3.53. The number of thioether (sulfide) groups is 1. The van der Waals surface area contributed by atoms with Crippen molar-refractivity contribution in [1.82, 2.24) is 0 Å². The van der Waals surface area contributed by atoms with Crippen LogP contribution in [0, 0.1) is 0 Å². The first kappa shape index (κ1) is 18.0. The molecule has 2 aromatic carbocycles. The molecule has 3 rings (SSSR count). The van der Waals surface area contributed by atoms with Gasteiger partial charge >= 0.3 is 0 Å². The van der Waals surface area contributed by atoms with Crippen LogP contribution in [0.4, 0.5) is 5.69 Å². The maximum atomic E-state index is 12.8. The lowest BCUT2D eigenvalue weighted by Gasteiger charge is -2.14. The maximum Gasteiger partial charge on any atom is 0.270 e. The number of hydrogen-bond donors (Lipinski definition) is 0. The van der Waals surface area contributed by atoms with Crippen LogP contribution in [0.15, 0.2) is 51.8 Å². The van der Waals surface area contributed by atoms with Gasteiger partial charge in [0.2, 0.25) is 0 Å². The molecule has 128 valence electrons. The Morgan fingerprint density at radius 3 is 2.40 bits per heavy atom. The minimum atomic E-state index is -0.144. The molecule has 0 saturated carbocycles. The quantitative estimate of drug-likeness (QED) is 0.505. The first-order valence-corrected chi connectivity index (χ1v) is 9.30. The summed E-state index contributed by atoms with van der Waals surface area (Å²) in [6, 6.07) is 13.0. The summed E-state index contributed by atoms with van der Waals surface area (Å²) in [6.45, 7) is 0. The number of nitrogens with zero attached hydrogens (tertiary/aromatic N) is 1. The van der Waals surface area contributed by atoms with Gasteiger partial charge in [-0.3, -0.25) is 9.69 Å². The number of amides is 1. The van der Waals surface area contributed by atoms with Gasteiger partial charge in [-0.15, -0.1) is 0 Å². The Balaban J connectivity index is 1.95. The second kappa shape index (κ2) is 7.59. The van der Waals surface area contributed by atoms with Crippen molar-refractivity contribution >= 4 is 61.9 Å². The average molecular weight is 436 g/mol. The van der Waals surface area contributed by atoms with E-state index in [0.29, 0.717) is 20.7 Å². The van der Waals surface area contributed by atoms with Crippen molar-refractivity contribution in [2.75, 3.05) is 19.1 Å². The molecular formula is C18H14BrNO3S2. The van der Waals surface area contributed by atoms with Crippen molar-refractivity contribution < 1.29 is 14.3 Å². The predicted molar refractivity (Wildman–Crippen MR) is 109 cm³/mol. The van der Waals surface area contributed by atoms with Gasteiger partial charge in [-0.2, -0.15) is 0 Å². The molecule has 0 aliphatic carbocycles. The van der Waals surface area contributed by atoms with Crippen molar-refractivity contribution in [1.29, 1.82) is 0 Å². The summed E-state index contributed by atoms with van der Waals surface area (Å²) in [5, 5.41) is 0. The molecule has 1 aliphatic heterocycles. The Bertz CT molecular complexity index is 860. The van der Waals surface area contributed by atoms with Crippen LogP contribution in [-0.4, -0.2) is 24.4 Å². The monoisotopic (exact) mass is 435 g/mol. The van der Waals surface area contributed by atoms with Gasteiger partial charge in [0.1, 0.15) is 11.5 Å². The van der Waals surface area contributed by atoms with Crippen LogP contribution >= 0.6 is 39.9 Å². The van der Waals surface area contributed by atoms with Crippen molar-refractivity contribution in [2.45, 2.75) is 0 Å². The molecule has 1 saturated heterocycles. The number of carbonyl (C=O) groups is 1. The molecule has 0 radical (unpaired) electrons. The van der Waals surface area contributed by atoms with Crippen molar-refractivity contribution in [2.24, 2.45) is 0 Å². The third kappa shape index (κ3) is 3.89. The molecule has 7 heteroatoms. The molecule has 25 heavy (non-hydrogen) atoms. The van der Waals surface area contributed by atoms with Crippen LogP contribution in [0.5, 0.6) is 11.5 Å². The fraction of sp³-hybridized carbons (Fsp3) is 0.111. The van der Waals surface area contributed by atoms with Gasteiger partial charge in [0, 0.05) is 10.5 Å². The number of hydrogen-bond acceptors (Lipinski definition) is 5. The van der Waals surface area contributed by atoms with E-state index >= 15 is 0 Å². The predicted octanol–water partition coefficient (Wildman–Crippen LogP) is 4.87. The first-order chi connectivity index (χ1) is 12.0. The minimum absolute atomic E-state index is 0.144. The van der Waals surface area contributed by atoms with E-state index < -0.39 is 0 Å². The lowest BCUT2D eigenvalue weighted by molar-refractivity contribution is -0.113. The smallest absolute Gasteiger partial charge is 0.270 e. The highest BCUT2D eigenvalue weighted by Gasteiger charge is 2.33. The molecule has 4 nitrogen and oxygen atoms in total. The Morgan fingerprint density at radius 2 is 1.80 bits per heavy atom. The summed E-state index contributed by atoms with van der Waals surface area (Å²) >= 11 is 10.1. The zero-order valence-corrected chi connectivity index (χ0v) is 16.7. The van der Waals surface area contributed by atoms with Gasteiger partial charge in [0.15, 0.2) is 4.32 Å². The summed E-state index contributed by atoms with van der Waals surface area (Å²) in [5.41, 5.74) is 1.55. The largest absolute Gasteiger partial charge is 0.497 e. The van der Waals surface area contributed by atoms with Gasteiger partial charge < -0.3 is 9.47 Å². The maximum absolute atomic E-state index is 12.8. The lowest BCUT2D eigenvalue weighted by Crippen LogP contribution is -2.27. The number of methoxy groups -OCH3 is 2. The number of ether oxygens (including phenoxy) is 2. The van der Waals surface area contributed by atoms with E-state index in [0.717, 1.165) is 15.7 Å². The Hall–Kier alpha value is -1.83. The fourth-order valence-corrected chi connectivity index (χ4v) is 4.06. The number of thiocarbonyl (C=S) groups is 1. The zero-order valence-electron chi connectivity index (χ0n) is 13.5. The number of benzene rings is 2. The molecule has 0 unspecified atom stereocenters. The van der Waals surface area contributed by atoms with Gasteiger partial charge in [-0.05, 0) is 42.0 Å². The van der Waals surface area contributed by atoms with Crippen LogP contribution < -0.4 is 14.4 Å². The summed E-state index contributed by atoms with van der Waals surface area (Å²) < 4.78 is 11.9. The van der Waals surface area contributed by atoms with Gasteiger partial charge in [0.05, 0.1) is 24.8 Å². The molecule has 0 spiro atoms. The average Bonchev–Trinajstić information content (AvgIpc) is 2.88. The Kier molecular flexibility index (Phi) is 5.46.